The van der Waals surface area contributed by atoms with Crippen LogP contribution in [0.4, 0.5) is 0 Å². The number of ether oxygens (including phenoxy) is 1. The van der Waals surface area contributed by atoms with Crippen molar-refractivity contribution in [3.05, 3.63) is 0 Å². The molecule has 0 aromatic rings. The normalized spacial score (nSPS) is 19.8. The molecule has 1 aliphatic heterocycles. The van der Waals surface area contributed by atoms with Gasteiger partial charge < -0.3 is 15.4 Å². The van der Waals surface area contributed by atoms with Crippen molar-refractivity contribution in [2.24, 2.45) is 5.73 Å². The maximum Gasteiger partial charge on any atom is 0.239 e. The molecule has 106 valence electrons. The van der Waals surface area contributed by atoms with Crippen LogP contribution in [-0.4, -0.2) is 63.6 Å². The second kappa shape index (κ2) is 6.49. The van der Waals surface area contributed by atoms with E-state index in [0.717, 1.165) is 19.1 Å². The van der Waals surface area contributed by atoms with Crippen molar-refractivity contribution in [1.82, 2.24) is 4.90 Å². The van der Waals surface area contributed by atoms with Crippen molar-refractivity contribution < 1.29 is 17.9 Å². The largest absolute Gasteiger partial charge is 0.381 e. The summed E-state index contributed by atoms with van der Waals surface area (Å²) in [5, 5.41) is 0. The van der Waals surface area contributed by atoms with E-state index in [1.54, 1.807) is 12.0 Å². The zero-order chi connectivity index (χ0) is 13.8. The van der Waals surface area contributed by atoms with Gasteiger partial charge in [-0.05, 0) is 19.3 Å². The van der Waals surface area contributed by atoms with E-state index >= 15 is 0 Å². The molecule has 1 saturated heterocycles. The van der Waals surface area contributed by atoms with E-state index in [2.05, 4.69) is 0 Å². The van der Waals surface area contributed by atoms with Gasteiger partial charge in [-0.25, -0.2) is 8.42 Å². The summed E-state index contributed by atoms with van der Waals surface area (Å²) in [6.07, 6.45) is 3.15. The van der Waals surface area contributed by atoms with Gasteiger partial charge in [0.2, 0.25) is 5.91 Å². The van der Waals surface area contributed by atoms with Gasteiger partial charge in [-0.15, -0.1) is 0 Å². The number of sulfone groups is 1. The quantitative estimate of drug-likeness (QED) is 0.724. The average molecular weight is 278 g/mol. The van der Waals surface area contributed by atoms with Crippen molar-refractivity contribution in [3.8, 4) is 0 Å². The number of likely N-dealkylation sites (tertiary alicyclic amines) is 1. The molecule has 0 aromatic heterocycles. The molecular formula is C11H22N2O4S. The van der Waals surface area contributed by atoms with Gasteiger partial charge in [-0.3, -0.25) is 4.79 Å². The van der Waals surface area contributed by atoms with Gasteiger partial charge in [0.15, 0.2) is 0 Å². The van der Waals surface area contributed by atoms with E-state index in [1.165, 1.54) is 0 Å². The summed E-state index contributed by atoms with van der Waals surface area (Å²) < 4.78 is 27.3. The van der Waals surface area contributed by atoms with Crippen LogP contribution in [0, 0.1) is 0 Å². The minimum Gasteiger partial charge on any atom is -0.381 e. The topological polar surface area (TPSA) is 89.7 Å². The van der Waals surface area contributed by atoms with Gasteiger partial charge in [-0.1, -0.05) is 0 Å². The molecule has 18 heavy (non-hydrogen) atoms. The molecule has 1 unspecified atom stereocenters. The standard InChI is InChI=1S/C11H22N2O4S/c1-17-9-3-6-13(7-4-9)11(14)10(12)5-8-18(2,15)16/h9-10H,3-8,12H2,1-2H3. The van der Waals surface area contributed by atoms with Crippen molar-refractivity contribution in [1.29, 1.82) is 0 Å². The highest BCUT2D eigenvalue weighted by atomic mass is 32.2. The molecule has 0 aliphatic carbocycles. The number of methoxy groups -OCH3 is 1. The van der Waals surface area contributed by atoms with Crippen LogP contribution in [-0.2, 0) is 19.4 Å². The third-order valence-corrected chi connectivity index (χ3v) is 4.18. The summed E-state index contributed by atoms with van der Waals surface area (Å²) in [5.41, 5.74) is 5.74. The van der Waals surface area contributed by atoms with Crippen LogP contribution < -0.4 is 5.73 Å². The Morgan fingerprint density at radius 3 is 2.44 bits per heavy atom. The molecule has 0 radical (unpaired) electrons. The summed E-state index contributed by atoms with van der Waals surface area (Å²) in [7, 11) is -1.40. The van der Waals surface area contributed by atoms with E-state index in [1.807, 2.05) is 0 Å². The molecule has 1 aliphatic rings. The molecule has 1 rings (SSSR count). The van der Waals surface area contributed by atoms with Crippen LogP contribution >= 0.6 is 0 Å². The summed E-state index contributed by atoms with van der Waals surface area (Å²) >= 11 is 0. The Bertz CT molecular complexity index is 375. The number of carbonyl (C=O) groups is 1. The van der Waals surface area contributed by atoms with Crippen molar-refractivity contribution in [2.45, 2.75) is 31.4 Å². The van der Waals surface area contributed by atoms with Gasteiger partial charge in [0.05, 0.1) is 17.9 Å². The lowest BCUT2D eigenvalue weighted by Gasteiger charge is -2.32. The van der Waals surface area contributed by atoms with Crippen LogP contribution in [0.25, 0.3) is 0 Å². The van der Waals surface area contributed by atoms with Crippen LogP contribution in [0.5, 0.6) is 0 Å². The second-order valence-electron chi connectivity index (χ2n) is 4.79. The number of hydrogen-bond acceptors (Lipinski definition) is 5. The molecule has 0 aromatic carbocycles. The van der Waals surface area contributed by atoms with Crippen LogP contribution in [0.2, 0.25) is 0 Å². The molecule has 0 bridgehead atoms. The first kappa shape index (κ1) is 15.4. The second-order valence-corrected chi connectivity index (χ2v) is 7.05. The summed E-state index contributed by atoms with van der Waals surface area (Å²) in [6.45, 7) is 1.26. The van der Waals surface area contributed by atoms with Gasteiger partial charge in [0, 0.05) is 26.5 Å². The Morgan fingerprint density at radius 2 is 2.00 bits per heavy atom. The number of nitrogens with two attached hydrogens (primary N) is 1. The van der Waals surface area contributed by atoms with E-state index < -0.39 is 15.9 Å². The first-order valence-electron chi connectivity index (χ1n) is 6.08. The van der Waals surface area contributed by atoms with Crippen molar-refractivity contribution in [2.75, 3.05) is 32.2 Å². The SMILES string of the molecule is COC1CCN(C(=O)C(N)CCS(C)(=O)=O)CC1. The van der Waals surface area contributed by atoms with Crippen LogP contribution in [0.15, 0.2) is 0 Å². The molecule has 0 spiro atoms. The Morgan fingerprint density at radius 1 is 1.44 bits per heavy atom. The molecule has 1 amide bonds. The highest BCUT2D eigenvalue weighted by Crippen LogP contribution is 2.14. The van der Waals surface area contributed by atoms with Gasteiger partial charge in [0.25, 0.3) is 0 Å². The number of piperidine rings is 1. The minimum absolute atomic E-state index is 0.0472. The number of carbonyl (C=O) groups excluding carboxylic acids is 1. The Kier molecular flexibility index (Phi) is 5.55. The summed E-state index contributed by atoms with van der Waals surface area (Å²) in [5.74, 6) is -0.206. The first-order chi connectivity index (χ1) is 8.33. The third-order valence-electron chi connectivity index (χ3n) is 3.20. The fourth-order valence-corrected chi connectivity index (χ4v) is 2.69. The fourth-order valence-electron chi connectivity index (χ4n) is 2.01. The molecule has 0 saturated carbocycles. The maximum absolute atomic E-state index is 12.0. The Balaban J connectivity index is 2.40. The van der Waals surface area contributed by atoms with E-state index in [9.17, 15) is 13.2 Å². The Hall–Kier alpha value is -0.660. The van der Waals surface area contributed by atoms with Gasteiger partial charge in [-0.2, -0.15) is 0 Å². The smallest absolute Gasteiger partial charge is 0.239 e. The van der Waals surface area contributed by atoms with Crippen molar-refractivity contribution >= 4 is 15.7 Å². The van der Waals surface area contributed by atoms with E-state index in [-0.39, 0.29) is 24.2 Å². The monoisotopic (exact) mass is 278 g/mol. The Labute approximate surface area is 108 Å². The highest BCUT2D eigenvalue weighted by Gasteiger charge is 2.26. The molecule has 1 fully saturated rings. The molecular weight excluding hydrogens is 256 g/mol. The summed E-state index contributed by atoms with van der Waals surface area (Å²) in [6, 6.07) is -0.723. The minimum atomic E-state index is -3.07. The molecule has 6 nitrogen and oxygen atoms in total. The number of amides is 1. The molecule has 1 atom stereocenters. The van der Waals surface area contributed by atoms with Crippen molar-refractivity contribution in [3.63, 3.8) is 0 Å². The van der Waals surface area contributed by atoms with Gasteiger partial charge >= 0.3 is 0 Å². The van der Waals surface area contributed by atoms with E-state index in [0.29, 0.717) is 13.1 Å². The lowest BCUT2D eigenvalue weighted by atomic mass is 10.1. The fraction of sp³-hybridized carbons (Fsp3) is 0.909. The lowest BCUT2D eigenvalue weighted by molar-refractivity contribution is -0.134. The highest BCUT2D eigenvalue weighted by molar-refractivity contribution is 7.90. The molecule has 7 heteroatoms. The molecule has 2 N–H and O–H groups in total. The lowest BCUT2D eigenvalue weighted by Crippen LogP contribution is -2.48. The van der Waals surface area contributed by atoms with Crippen LogP contribution in [0.3, 0.4) is 0 Å². The van der Waals surface area contributed by atoms with Crippen LogP contribution in [0.1, 0.15) is 19.3 Å². The van der Waals surface area contributed by atoms with Gasteiger partial charge in [0.1, 0.15) is 9.84 Å². The maximum atomic E-state index is 12.0. The number of hydrogen-bond donors (Lipinski definition) is 1. The van der Waals surface area contributed by atoms with E-state index in [4.69, 9.17) is 10.5 Å². The third kappa shape index (κ3) is 4.91. The number of rotatable bonds is 5. The first-order valence-corrected chi connectivity index (χ1v) is 8.14. The predicted molar refractivity (Wildman–Crippen MR) is 68.9 cm³/mol. The predicted octanol–water partition coefficient (Wildman–Crippen LogP) is -0.614. The number of nitrogens with zero attached hydrogens (tertiary/aromatic N) is 1. The summed E-state index contributed by atoms with van der Waals surface area (Å²) in [4.78, 5) is 13.7. The average Bonchev–Trinajstić information content (AvgIpc) is 2.34. The molecule has 1 heterocycles. The zero-order valence-electron chi connectivity index (χ0n) is 11.0. The zero-order valence-corrected chi connectivity index (χ0v) is 11.8.